The van der Waals surface area contributed by atoms with E-state index in [4.69, 9.17) is 0 Å². The van der Waals surface area contributed by atoms with Crippen molar-refractivity contribution < 1.29 is 0 Å². The third-order valence-corrected chi connectivity index (χ3v) is 5.27. The van der Waals surface area contributed by atoms with Crippen molar-refractivity contribution in [2.75, 3.05) is 40.3 Å². The van der Waals surface area contributed by atoms with Crippen LogP contribution in [-0.4, -0.2) is 56.1 Å². The van der Waals surface area contributed by atoms with Crippen LogP contribution in [-0.2, 0) is 6.54 Å². The summed E-state index contributed by atoms with van der Waals surface area (Å²) in [7, 11) is 4.34. The molecule has 1 aromatic heterocycles. The number of nitrogens with one attached hydrogen (secondary N) is 1. The van der Waals surface area contributed by atoms with Gasteiger partial charge in [0, 0.05) is 47.0 Å². The molecule has 1 atom stereocenters. The third kappa shape index (κ3) is 5.16. The largest absolute Gasteiger partial charge is 0.311 e. The van der Waals surface area contributed by atoms with E-state index >= 15 is 0 Å². The van der Waals surface area contributed by atoms with Gasteiger partial charge in [-0.25, -0.2) is 0 Å². The molecule has 1 aliphatic rings. The standard InChI is InChI=1S/C14H24BrN3S/c1-17(2)10-13-4-3-6-18(13)7-5-16-9-14-8-12(15)11-19-14/h8,11,13,16H,3-7,9-10H2,1-2H3. The predicted octanol–water partition coefficient (Wildman–Crippen LogP) is 2.63. The Balaban J connectivity index is 1.64. The van der Waals surface area contributed by atoms with E-state index < -0.39 is 0 Å². The van der Waals surface area contributed by atoms with E-state index in [1.54, 1.807) is 0 Å². The van der Waals surface area contributed by atoms with Gasteiger partial charge in [-0.1, -0.05) is 0 Å². The Hall–Kier alpha value is 0.0600. The first-order valence-electron chi connectivity index (χ1n) is 6.97. The third-order valence-electron chi connectivity index (χ3n) is 3.57. The van der Waals surface area contributed by atoms with E-state index in [0.717, 1.165) is 19.1 Å². The van der Waals surface area contributed by atoms with E-state index in [2.05, 4.69) is 56.6 Å². The Kier molecular flexibility index (Phi) is 6.29. The molecule has 108 valence electrons. The summed E-state index contributed by atoms with van der Waals surface area (Å²) in [5.41, 5.74) is 0. The van der Waals surface area contributed by atoms with Crippen molar-refractivity contribution in [1.82, 2.24) is 15.1 Å². The summed E-state index contributed by atoms with van der Waals surface area (Å²) in [6.45, 7) is 5.70. The molecule has 2 heterocycles. The maximum atomic E-state index is 3.55. The molecule has 1 fully saturated rings. The topological polar surface area (TPSA) is 18.5 Å². The van der Waals surface area contributed by atoms with Crippen LogP contribution in [0, 0.1) is 0 Å². The van der Waals surface area contributed by atoms with Gasteiger partial charge in [-0.2, -0.15) is 0 Å². The fourth-order valence-corrected chi connectivity index (χ4v) is 4.12. The first-order valence-corrected chi connectivity index (χ1v) is 8.65. The molecule has 1 aliphatic heterocycles. The quantitative estimate of drug-likeness (QED) is 0.766. The van der Waals surface area contributed by atoms with Crippen LogP contribution in [0.5, 0.6) is 0 Å². The molecule has 0 saturated carbocycles. The average Bonchev–Trinajstić information content (AvgIpc) is 2.94. The molecular formula is C14H24BrN3S. The van der Waals surface area contributed by atoms with Crippen LogP contribution in [0.3, 0.4) is 0 Å². The highest BCUT2D eigenvalue weighted by atomic mass is 79.9. The summed E-state index contributed by atoms with van der Waals surface area (Å²) in [4.78, 5) is 6.34. The predicted molar refractivity (Wildman–Crippen MR) is 86.9 cm³/mol. The Bertz CT molecular complexity index is 381. The lowest BCUT2D eigenvalue weighted by atomic mass is 10.2. The molecule has 19 heavy (non-hydrogen) atoms. The molecule has 0 bridgehead atoms. The van der Waals surface area contributed by atoms with Crippen LogP contribution in [0.4, 0.5) is 0 Å². The molecule has 0 spiro atoms. The van der Waals surface area contributed by atoms with Crippen molar-refractivity contribution in [3.63, 3.8) is 0 Å². The second kappa shape index (κ2) is 7.74. The van der Waals surface area contributed by atoms with E-state index in [1.807, 2.05) is 11.3 Å². The molecule has 2 rings (SSSR count). The maximum Gasteiger partial charge on any atom is 0.0300 e. The average molecular weight is 346 g/mol. The molecule has 1 N–H and O–H groups in total. The number of hydrogen-bond donors (Lipinski definition) is 1. The zero-order chi connectivity index (χ0) is 13.7. The molecular weight excluding hydrogens is 322 g/mol. The first kappa shape index (κ1) is 15.4. The van der Waals surface area contributed by atoms with Gasteiger partial charge in [0.15, 0.2) is 0 Å². The van der Waals surface area contributed by atoms with E-state index in [1.165, 1.54) is 41.8 Å². The fourth-order valence-electron chi connectivity index (χ4n) is 2.70. The molecule has 0 aromatic carbocycles. The highest BCUT2D eigenvalue weighted by Crippen LogP contribution is 2.19. The lowest BCUT2D eigenvalue weighted by Gasteiger charge is -2.27. The van der Waals surface area contributed by atoms with Crippen molar-refractivity contribution >= 4 is 27.3 Å². The Morgan fingerprint density at radius 3 is 3.05 bits per heavy atom. The van der Waals surface area contributed by atoms with Gasteiger partial charge >= 0.3 is 0 Å². The van der Waals surface area contributed by atoms with Crippen molar-refractivity contribution in [2.45, 2.75) is 25.4 Å². The zero-order valence-electron chi connectivity index (χ0n) is 11.9. The van der Waals surface area contributed by atoms with E-state index in [0.29, 0.717) is 0 Å². The number of thiophene rings is 1. The molecule has 5 heteroatoms. The minimum atomic E-state index is 0.757. The zero-order valence-corrected chi connectivity index (χ0v) is 14.3. The minimum Gasteiger partial charge on any atom is -0.311 e. The number of likely N-dealkylation sites (N-methyl/N-ethyl adjacent to an activating group) is 1. The number of nitrogens with zero attached hydrogens (tertiary/aromatic N) is 2. The summed E-state index contributed by atoms with van der Waals surface area (Å²) >= 11 is 5.31. The molecule has 1 saturated heterocycles. The van der Waals surface area contributed by atoms with E-state index in [9.17, 15) is 0 Å². The van der Waals surface area contributed by atoms with Gasteiger partial charge in [0.1, 0.15) is 0 Å². The number of likely N-dealkylation sites (tertiary alicyclic amines) is 1. The molecule has 1 aromatic rings. The number of hydrogen-bond acceptors (Lipinski definition) is 4. The van der Waals surface area contributed by atoms with Crippen LogP contribution in [0.1, 0.15) is 17.7 Å². The molecule has 0 radical (unpaired) electrons. The summed E-state index contributed by atoms with van der Waals surface area (Å²) in [6.07, 6.45) is 2.71. The Morgan fingerprint density at radius 1 is 1.53 bits per heavy atom. The molecule has 3 nitrogen and oxygen atoms in total. The number of halogens is 1. The van der Waals surface area contributed by atoms with Gasteiger partial charge in [0.2, 0.25) is 0 Å². The van der Waals surface area contributed by atoms with Crippen molar-refractivity contribution in [3.05, 3.63) is 20.8 Å². The summed E-state index contributed by atoms with van der Waals surface area (Å²) in [5, 5.41) is 5.69. The second-order valence-corrected chi connectivity index (χ2v) is 7.41. The van der Waals surface area contributed by atoms with Gasteiger partial charge in [-0.15, -0.1) is 11.3 Å². The molecule has 0 amide bonds. The highest BCUT2D eigenvalue weighted by Gasteiger charge is 2.23. The van der Waals surface area contributed by atoms with Crippen LogP contribution >= 0.6 is 27.3 Å². The van der Waals surface area contributed by atoms with Gasteiger partial charge in [-0.05, 0) is 55.5 Å². The van der Waals surface area contributed by atoms with Crippen molar-refractivity contribution in [3.8, 4) is 0 Å². The van der Waals surface area contributed by atoms with Crippen molar-refractivity contribution in [2.24, 2.45) is 0 Å². The summed E-state index contributed by atoms with van der Waals surface area (Å²) in [6, 6.07) is 2.95. The lowest BCUT2D eigenvalue weighted by molar-refractivity contribution is 0.208. The van der Waals surface area contributed by atoms with Crippen LogP contribution < -0.4 is 5.32 Å². The normalized spacial score (nSPS) is 20.5. The monoisotopic (exact) mass is 345 g/mol. The van der Waals surface area contributed by atoms with Crippen LogP contribution in [0.2, 0.25) is 0 Å². The molecule has 0 aliphatic carbocycles. The minimum absolute atomic E-state index is 0.757. The van der Waals surface area contributed by atoms with Gasteiger partial charge in [0.05, 0.1) is 0 Å². The lowest BCUT2D eigenvalue weighted by Crippen LogP contribution is -2.40. The summed E-state index contributed by atoms with van der Waals surface area (Å²) < 4.78 is 1.19. The van der Waals surface area contributed by atoms with Crippen LogP contribution in [0.15, 0.2) is 15.9 Å². The van der Waals surface area contributed by atoms with Gasteiger partial charge in [0.25, 0.3) is 0 Å². The SMILES string of the molecule is CN(C)CC1CCCN1CCNCc1cc(Br)cs1. The smallest absolute Gasteiger partial charge is 0.0300 e. The van der Waals surface area contributed by atoms with Gasteiger partial charge in [-0.3, -0.25) is 4.90 Å². The van der Waals surface area contributed by atoms with Gasteiger partial charge < -0.3 is 10.2 Å². The van der Waals surface area contributed by atoms with Crippen LogP contribution in [0.25, 0.3) is 0 Å². The fraction of sp³-hybridized carbons (Fsp3) is 0.714. The first-order chi connectivity index (χ1) is 9.15. The van der Waals surface area contributed by atoms with E-state index in [-0.39, 0.29) is 0 Å². The summed E-state index contributed by atoms with van der Waals surface area (Å²) in [5.74, 6) is 0. The Labute approximate surface area is 129 Å². The van der Waals surface area contributed by atoms with Crippen molar-refractivity contribution in [1.29, 1.82) is 0 Å². The highest BCUT2D eigenvalue weighted by molar-refractivity contribution is 9.10. The molecule has 1 unspecified atom stereocenters. The second-order valence-electron chi connectivity index (χ2n) is 5.50. The Morgan fingerprint density at radius 2 is 2.37 bits per heavy atom. The maximum absolute atomic E-state index is 3.55. The number of rotatable bonds is 7.